The second-order valence-corrected chi connectivity index (χ2v) is 4.94. The average Bonchev–Trinajstić information content (AvgIpc) is 2.84. The molecule has 1 amide bonds. The van der Waals surface area contributed by atoms with E-state index in [1.165, 1.54) is 0 Å². The summed E-state index contributed by atoms with van der Waals surface area (Å²) >= 11 is 0. The summed E-state index contributed by atoms with van der Waals surface area (Å²) in [4.78, 5) is 13.9. The largest absolute Gasteiger partial charge is 0.380 e. The van der Waals surface area contributed by atoms with E-state index in [2.05, 4.69) is 10.4 Å². The van der Waals surface area contributed by atoms with Gasteiger partial charge in [-0.1, -0.05) is 18.2 Å². The predicted molar refractivity (Wildman–Crippen MR) is 80.8 cm³/mol. The first-order valence-electron chi connectivity index (χ1n) is 6.63. The number of aryl methyl sites for hydroxylation is 1. The highest BCUT2D eigenvalue weighted by Crippen LogP contribution is 2.14. The van der Waals surface area contributed by atoms with E-state index in [1.54, 1.807) is 22.8 Å². The first kappa shape index (κ1) is 14.1. The third-order valence-electron chi connectivity index (χ3n) is 3.12. The van der Waals surface area contributed by atoms with Crippen LogP contribution in [0.25, 0.3) is 0 Å². The summed E-state index contributed by atoms with van der Waals surface area (Å²) in [6, 6.07) is 9.70. The smallest absolute Gasteiger partial charge is 0.228 e. The molecule has 0 aliphatic heterocycles. The van der Waals surface area contributed by atoms with Gasteiger partial charge in [-0.15, -0.1) is 0 Å². The van der Waals surface area contributed by atoms with Crippen LogP contribution in [0.4, 0.5) is 11.4 Å². The number of carbonyl (C=O) groups excluding carboxylic acids is 1. The van der Waals surface area contributed by atoms with Gasteiger partial charge >= 0.3 is 0 Å². The molecule has 1 heterocycles. The van der Waals surface area contributed by atoms with Gasteiger partial charge in [0.25, 0.3) is 0 Å². The van der Waals surface area contributed by atoms with Gasteiger partial charge in [0.2, 0.25) is 5.91 Å². The molecule has 0 fully saturated rings. The van der Waals surface area contributed by atoms with E-state index in [9.17, 15) is 4.79 Å². The molecule has 20 heavy (non-hydrogen) atoms. The molecule has 1 atom stereocenters. The van der Waals surface area contributed by atoms with Crippen molar-refractivity contribution in [2.24, 2.45) is 7.05 Å². The van der Waals surface area contributed by atoms with Crippen LogP contribution >= 0.6 is 0 Å². The van der Waals surface area contributed by atoms with Crippen molar-refractivity contribution in [2.45, 2.75) is 19.4 Å². The van der Waals surface area contributed by atoms with E-state index >= 15 is 0 Å². The Morgan fingerprint density at radius 3 is 2.70 bits per heavy atom. The zero-order chi connectivity index (χ0) is 14.5. The first-order chi connectivity index (χ1) is 9.56. The molecular weight excluding hydrogens is 252 g/mol. The summed E-state index contributed by atoms with van der Waals surface area (Å²) in [5.41, 5.74) is 1.83. The quantitative estimate of drug-likeness (QED) is 0.908. The number of aromatic nitrogens is 2. The first-order valence-corrected chi connectivity index (χ1v) is 6.63. The zero-order valence-corrected chi connectivity index (χ0v) is 12.1. The molecule has 0 saturated heterocycles. The molecule has 0 radical (unpaired) electrons. The maximum absolute atomic E-state index is 12.2. The van der Waals surface area contributed by atoms with Crippen LogP contribution in [-0.4, -0.2) is 28.8 Å². The van der Waals surface area contributed by atoms with Gasteiger partial charge in [-0.2, -0.15) is 5.10 Å². The molecule has 0 unspecified atom stereocenters. The molecule has 1 N–H and O–H groups in total. The number of nitrogens with one attached hydrogen (secondary N) is 1. The number of carbonyl (C=O) groups is 1. The number of hydrogen-bond donors (Lipinski definition) is 1. The normalized spacial score (nSPS) is 11.9. The third kappa shape index (κ3) is 3.60. The standard InChI is InChI=1S/C15H20N4O/c1-12(17-13-10-16-18(2)11-13)9-15(20)19(3)14-7-5-4-6-8-14/h4-8,10-12,17H,9H2,1-3H3/t12-/m0/s1. The number of para-hydroxylation sites is 1. The zero-order valence-electron chi connectivity index (χ0n) is 12.1. The average molecular weight is 272 g/mol. The van der Waals surface area contributed by atoms with Crippen LogP contribution in [0.3, 0.4) is 0 Å². The van der Waals surface area contributed by atoms with Crippen molar-refractivity contribution < 1.29 is 4.79 Å². The van der Waals surface area contributed by atoms with Crippen LogP contribution < -0.4 is 10.2 Å². The lowest BCUT2D eigenvalue weighted by molar-refractivity contribution is -0.118. The third-order valence-corrected chi connectivity index (χ3v) is 3.12. The summed E-state index contributed by atoms with van der Waals surface area (Å²) in [6.07, 6.45) is 4.07. The van der Waals surface area contributed by atoms with Crippen molar-refractivity contribution in [3.63, 3.8) is 0 Å². The lowest BCUT2D eigenvalue weighted by atomic mass is 10.2. The van der Waals surface area contributed by atoms with Gasteiger partial charge in [0.15, 0.2) is 0 Å². The molecule has 0 bridgehead atoms. The molecular formula is C15H20N4O. The topological polar surface area (TPSA) is 50.2 Å². The van der Waals surface area contributed by atoms with Crippen LogP contribution in [0.5, 0.6) is 0 Å². The molecule has 0 spiro atoms. The van der Waals surface area contributed by atoms with Gasteiger partial charge < -0.3 is 10.2 Å². The second kappa shape index (κ2) is 6.23. The fourth-order valence-electron chi connectivity index (χ4n) is 2.03. The molecule has 106 valence electrons. The summed E-state index contributed by atoms with van der Waals surface area (Å²) in [5.74, 6) is 0.0834. The molecule has 1 aromatic heterocycles. The van der Waals surface area contributed by atoms with Crippen LogP contribution in [0, 0.1) is 0 Å². The Hall–Kier alpha value is -2.30. The number of nitrogens with zero attached hydrogens (tertiary/aromatic N) is 3. The van der Waals surface area contributed by atoms with Gasteiger partial charge in [-0.25, -0.2) is 0 Å². The van der Waals surface area contributed by atoms with Crippen molar-refractivity contribution in [1.29, 1.82) is 0 Å². The van der Waals surface area contributed by atoms with E-state index in [0.717, 1.165) is 11.4 Å². The predicted octanol–water partition coefficient (Wildman–Crippen LogP) is 2.27. The summed E-state index contributed by atoms with van der Waals surface area (Å²) < 4.78 is 1.73. The molecule has 1 aromatic carbocycles. The van der Waals surface area contributed by atoms with E-state index < -0.39 is 0 Å². The lowest BCUT2D eigenvalue weighted by Crippen LogP contribution is -2.31. The minimum atomic E-state index is 0.0536. The SMILES string of the molecule is C[C@@H](CC(=O)N(C)c1ccccc1)Nc1cnn(C)c1. The van der Waals surface area contributed by atoms with Crippen molar-refractivity contribution in [3.05, 3.63) is 42.7 Å². The highest BCUT2D eigenvalue weighted by molar-refractivity contribution is 5.93. The Bertz CT molecular complexity index is 564. The number of rotatable bonds is 5. The van der Waals surface area contributed by atoms with E-state index in [1.807, 2.05) is 50.5 Å². The number of anilines is 2. The summed E-state index contributed by atoms with van der Waals surface area (Å²) in [6.45, 7) is 1.99. The lowest BCUT2D eigenvalue weighted by Gasteiger charge is -2.20. The van der Waals surface area contributed by atoms with E-state index in [4.69, 9.17) is 0 Å². The van der Waals surface area contributed by atoms with Crippen LogP contribution in [-0.2, 0) is 11.8 Å². The Labute approximate surface area is 119 Å². The van der Waals surface area contributed by atoms with Crippen molar-refractivity contribution >= 4 is 17.3 Å². The van der Waals surface area contributed by atoms with Gasteiger partial charge in [0.05, 0.1) is 11.9 Å². The second-order valence-electron chi connectivity index (χ2n) is 4.94. The molecule has 5 nitrogen and oxygen atoms in total. The van der Waals surface area contributed by atoms with Gasteiger partial charge in [0, 0.05) is 38.4 Å². The molecule has 2 aromatic rings. The van der Waals surface area contributed by atoms with Gasteiger partial charge in [-0.05, 0) is 19.1 Å². The Morgan fingerprint density at radius 2 is 2.10 bits per heavy atom. The van der Waals surface area contributed by atoms with Crippen molar-refractivity contribution in [1.82, 2.24) is 9.78 Å². The minimum Gasteiger partial charge on any atom is -0.380 e. The molecule has 0 aliphatic carbocycles. The maximum Gasteiger partial charge on any atom is 0.228 e. The Morgan fingerprint density at radius 1 is 1.40 bits per heavy atom. The van der Waals surface area contributed by atoms with Crippen LogP contribution in [0.15, 0.2) is 42.7 Å². The van der Waals surface area contributed by atoms with Gasteiger partial charge in [-0.3, -0.25) is 9.48 Å². The summed E-state index contributed by atoms with van der Waals surface area (Å²) in [5, 5.41) is 7.36. The van der Waals surface area contributed by atoms with Crippen molar-refractivity contribution in [3.8, 4) is 0 Å². The van der Waals surface area contributed by atoms with Crippen LogP contribution in [0.2, 0.25) is 0 Å². The minimum absolute atomic E-state index is 0.0536. The molecule has 0 aliphatic rings. The molecule has 2 rings (SSSR count). The van der Waals surface area contributed by atoms with Gasteiger partial charge in [0.1, 0.15) is 0 Å². The monoisotopic (exact) mass is 272 g/mol. The Balaban J connectivity index is 1.90. The number of hydrogen-bond acceptors (Lipinski definition) is 3. The van der Waals surface area contributed by atoms with E-state index in [0.29, 0.717) is 6.42 Å². The number of amides is 1. The maximum atomic E-state index is 12.2. The fourth-order valence-corrected chi connectivity index (χ4v) is 2.03. The molecule has 5 heteroatoms. The summed E-state index contributed by atoms with van der Waals surface area (Å²) in [7, 11) is 3.67. The molecule has 0 saturated carbocycles. The highest BCUT2D eigenvalue weighted by atomic mass is 16.2. The van der Waals surface area contributed by atoms with Crippen LogP contribution in [0.1, 0.15) is 13.3 Å². The Kier molecular flexibility index (Phi) is 4.40. The highest BCUT2D eigenvalue weighted by Gasteiger charge is 2.14. The van der Waals surface area contributed by atoms with Crippen molar-refractivity contribution in [2.75, 3.05) is 17.3 Å². The number of benzene rings is 1. The van der Waals surface area contributed by atoms with E-state index in [-0.39, 0.29) is 11.9 Å². The fraction of sp³-hybridized carbons (Fsp3) is 0.333.